The lowest BCUT2D eigenvalue weighted by molar-refractivity contribution is 0.202. The lowest BCUT2D eigenvalue weighted by Gasteiger charge is -2.32. The molecule has 1 aromatic carbocycles. The molecule has 0 radical (unpaired) electrons. The third-order valence-electron chi connectivity index (χ3n) is 3.16. The normalized spacial score (nSPS) is 10.9. The molecule has 0 heterocycles. The number of nitrogen functional groups attached to an aromatic ring is 1. The highest BCUT2D eigenvalue weighted by molar-refractivity contribution is 5.57. The number of halogens is 1. The van der Waals surface area contributed by atoms with Crippen LogP contribution in [-0.4, -0.2) is 26.3 Å². The number of methoxy groups -OCH3 is 1. The first-order valence-corrected chi connectivity index (χ1v) is 6.44. The highest BCUT2D eigenvalue weighted by Crippen LogP contribution is 2.24. The van der Waals surface area contributed by atoms with E-state index in [-0.39, 0.29) is 5.82 Å². The molecular weight excluding hydrogens is 231 g/mol. The van der Waals surface area contributed by atoms with E-state index >= 15 is 0 Å². The number of nitrogens with zero attached hydrogens (tertiary/aromatic N) is 1. The number of nitrogens with two attached hydrogens (primary N) is 1. The molecule has 0 fully saturated rings. The van der Waals surface area contributed by atoms with Gasteiger partial charge in [-0.15, -0.1) is 0 Å². The Balaban J connectivity index is 2.99. The van der Waals surface area contributed by atoms with Crippen LogP contribution in [0.2, 0.25) is 0 Å². The van der Waals surface area contributed by atoms with Crippen LogP contribution in [0, 0.1) is 5.82 Å². The summed E-state index contributed by atoms with van der Waals surface area (Å²) in [6.07, 6.45) is 2.02. The Kier molecular flexibility index (Phi) is 5.92. The van der Waals surface area contributed by atoms with Crippen molar-refractivity contribution < 1.29 is 9.13 Å². The molecule has 0 unspecified atom stereocenters. The Bertz CT molecular complexity index is 347. The predicted octanol–water partition coefficient (Wildman–Crippen LogP) is 3.05. The summed E-state index contributed by atoms with van der Waals surface area (Å²) in [4.78, 5) is 2.17. The zero-order valence-corrected chi connectivity index (χ0v) is 11.4. The maximum absolute atomic E-state index is 13.4. The van der Waals surface area contributed by atoms with E-state index in [2.05, 4.69) is 18.7 Å². The van der Waals surface area contributed by atoms with Crippen LogP contribution < -0.4 is 10.6 Å². The van der Waals surface area contributed by atoms with Gasteiger partial charge in [0.25, 0.3) is 0 Å². The van der Waals surface area contributed by atoms with Gasteiger partial charge in [0, 0.05) is 31.1 Å². The Labute approximate surface area is 109 Å². The van der Waals surface area contributed by atoms with Crippen LogP contribution in [0.15, 0.2) is 18.2 Å². The summed E-state index contributed by atoms with van der Waals surface area (Å²) in [5.74, 6) is -0.293. The molecule has 0 aromatic heterocycles. The number of rotatable bonds is 7. The van der Waals surface area contributed by atoms with Crippen molar-refractivity contribution in [3.63, 3.8) is 0 Å². The second-order valence-electron chi connectivity index (χ2n) is 4.40. The Morgan fingerprint density at radius 2 is 1.94 bits per heavy atom. The molecule has 0 amide bonds. The number of benzene rings is 1. The molecular formula is C14H23FN2O. The van der Waals surface area contributed by atoms with Crippen molar-refractivity contribution in [2.24, 2.45) is 0 Å². The maximum atomic E-state index is 13.4. The number of ether oxygens (including phenoxy) is 1. The molecule has 0 aliphatic heterocycles. The van der Waals surface area contributed by atoms with Crippen molar-refractivity contribution >= 4 is 11.4 Å². The molecule has 18 heavy (non-hydrogen) atoms. The number of anilines is 2. The first kappa shape index (κ1) is 14.8. The molecule has 0 saturated heterocycles. The van der Waals surface area contributed by atoms with Crippen LogP contribution in [0.4, 0.5) is 15.8 Å². The summed E-state index contributed by atoms with van der Waals surface area (Å²) >= 11 is 0. The van der Waals surface area contributed by atoms with Crippen LogP contribution in [0.5, 0.6) is 0 Å². The topological polar surface area (TPSA) is 38.5 Å². The van der Waals surface area contributed by atoms with E-state index in [0.29, 0.717) is 18.3 Å². The molecule has 0 saturated carbocycles. The fraction of sp³-hybridized carbons (Fsp3) is 0.571. The summed E-state index contributed by atoms with van der Waals surface area (Å²) in [5.41, 5.74) is 7.00. The highest BCUT2D eigenvalue weighted by Gasteiger charge is 2.16. The van der Waals surface area contributed by atoms with Gasteiger partial charge < -0.3 is 15.4 Å². The summed E-state index contributed by atoms with van der Waals surface area (Å²) in [6, 6.07) is 5.06. The van der Waals surface area contributed by atoms with E-state index in [9.17, 15) is 4.39 Å². The maximum Gasteiger partial charge on any atom is 0.127 e. The third kappa shape index (κ3) is 3.88. The number of hydrogen-bond acceptors (Lipinski definition) is 3. The van der Waals surface area contributed by atoms with Gasteiger partial charge in [-0.3, -0.25) is 0 Å². The molecule has 0 atom stereocenters. The summed E-state index contributed by atoms with van der Waals surface area (Å²) in [6.45, 7) is 5.63. The van der Waals surface area contributed by atoms with Crippen molar-refractivity contribution in [2.75, 3.05) is 30.9 Å². The standard InChI is InChI=1S/C14H23FN2O/c1-4-13(5-2)17(6-7-18-3)14-9-11(15)8-12(16)10-14/h8-10,13H,4-7,16H2,1-3H3. The molecule has 1 aromatic rings. The van der Waals surface area contributed by atoms with E-state index in [0.717, 1.165) is 25.1 Å². The molecule has 1 rings (SSSR count). The van der Waals surface area contributed by atoms with E-state index in [1.165, 1.54) is 12.1 Å². The lowest BCUT2D eigenvalue weighted by atomic mass is 10.1. The molecule has 3 nitrogen and oxygen atoms in total. The first-order valence-electron chi connectivity index (χ1n) is 6.44. The zero-order chi connectivity index (χ0) is 13.5. The quantitative estimate of drug-likeness (QED) is 0.760. The van der Waals surface area contributed by atoms with Gasteiger partial charge in [0.1, 0.15) is 5.82 Å². The Hall–Kier alpha value is -1.29. The SMILES string of the molecule is CCC(CC)N(CCOC)c1cc(N)cc(F)c1. The summed E-state index contributed by atoms with van der Waals surface area (Å²) < 4.78 is 18.6. The largest absolute Gasteiger partial charge is 0.399 e. The summed E-state index contributed by atoms with van der Waals surface area (Å²) in [7, 11) is 1.67. The average Bonchev–Trinajstić information content (AvgIpc) is 2.33. The van der Waals surface area contributed by atoms with Gasteiger partial charge in [-0.05, 0) is 31.0 Å². The van der Waals surface area contributed by atoms with Crippen molar-refractivity contribution in [3.8, 4) is 0 Å². The van der Waals surface area contributed by atoms with E-state index < -0.39 is 0 Å². The first-order chi connectivity index (χ1) is 8.62. The zero-order valence-electron chi connectivity index (χ0n) is 11.4. The lowest BCUT2D eigenvalue weighted by Crippen LogP contribution is -2.37. The molecule has 0 aliphatic carbocycles. The van der Waals surface area contributed by atoms with Gasteiger partial charge in [-0.2, -0.15) is 0 Å². The minimum Gasteiger partial charge on any atom is -0.399 e. The minimum atomic E-state index is -0.293. The van der Waals surface area contributed by atoms with Crippen molar-refractivity contribution in [2.45, 2.75) is 32.7 Å². The second kappa shape index (κ2) is 7.21. The van der Waals surface area contributed by atoms with Gasteiger partial charge >= 0.3 is 0 Å². The van der Waals surface area contributed by atoms with Crippen LogP contribution in [0.25, 0.3) is 0 Å². The third-order valence-corrected chi connectivity index (χ3v) is 3.16. The molecule has 102 valence electrons. The molecule has 4 heteroatoms. The monoisotopic (exact) mass is 254 g/mol. The smallest absolute Gasteiger partial charge is 0.127 e. The minimum absolute atomic E-state index is 0.293. The predicted molar refractivity (Wildman–Crippen MR) is 74.4 cm³/mol. The Morgan fingerprint density at radius 3 is 2.44 bits per heavy atom. The van der Waals surface area contributed by atoms with Crippen molar-refractivity contribution in [1.29, 1.82) is 0 Å². The molecule has 0 bridgehead atoms. The molecule has 0 aliphatic rings. The van der Waals surface area contributed by atoms with Gasteiger partial charge in [0.15, 0.2) is 0 Å². The highest BCUT2D eigenvalue weighted by atomic mass is 19.1. The van der Waals surface area contributed by atoms with Crippen molar-refractivity contribution in [3.05, 3.63) is 24.0 Å². The van der Waals surface area contributed by atoms with Gasteiger partial charge in [0.2, 0.25) is 0 Å². The van der Waals surface area contributed by atoms with E-state index in [1.807, 2.05) is 6.07 Å². The fourth-order valence-electron chi connectivity index (χ4n) is 2.20. The summed E-state index contributed by atoms with van der Waals surface area (Å²) in [5, 5.41) is 0. The molecule has 2 N–H and O–H groups in total. The van der Waals surface area contributed by atoms with Gasteiger partial charge in [0.05, 0.1) is 6.61 Å². The van der Waals surface area contributed by atoms with Crippen molar-refractivity contribution in [1.82, 2.24) is 0 Å². The molecule has 0 spiro atoms. The van der Waals surface area contributed by atoms with Crippen LogP contribution in [-0.2, 0) is 4.74 Å². The average molecular weight is 254 g/mol. The fourth-order valence-corrected chi connectivity index (χ4v) is 2.20. The second-order valence-corrected chi connectivity index (χ2v) is 4.40. The van der Waals surface area contributed by atoms with Crippen LogP contribution in [0.1, 0.15) is 26.7 Å². The van der Waals surface area contributed by atoms with Crippen LogP contribution >= 0.6 is 0 Å². The Morgan fingerprint density at radius 1 is 1.28 bits per heavy atom. The van der Waals surface area contributed by atoms with E-state index in [4.69, 9.17) is 10.5 Å². The number of hydrogen-bond donors (Lipinski definition) is 1. The van der Waals surface area contributed by atoms with Gasteiger partial charge in [-0.25, -0.2) is 4.39 Å². The van der Waals surface area contributed by atoms with E-state index in [1.54, 1.807) is 7.11 Å². The van der Waals surface area contributed by atoms with Gasteiger partial charge in [-0.1, -0.05) is 13.8 Å². The van der Waals surface area contributed by atoms with Crippen LogP contribution in [0.3, 0.4) is 0 Å².